The van der Waals surface area contributed by atoms with E-state index in [1.54, 1.807) is 12.1 Å². The molecule has 138 valence electrons. The van der Waals surface area contributed by atoms with E-state index in [0.29, 0.717) is 5.56 Å². The molecule has 0 fully saturated rings. The summed E-state index contributed by atoms with van der Waals surface area (Å²) in [6.45, 7) is 6.11. The van der Waals surface area contributed by atoms with E-state index < -0.39 is 0 Å². The number of aryl methyl sites for hydroxylation is 2. The van der Waals surface area contributed by atoms with Crippen molar-refractivity contribution in [1.82, 2.24) is 4.57 Å². The molecule has 3 aromatic rings. The summed E-state index contributed by atoms with van der Waals surface area (Å²) in [5, 5.41) is 0. The van der Waals surface area contributed by atoms with E-state index in [-0.39, 0.29) is 5.97 Å². The maximum atomic E-state index is 11.6. The van der Waals surface area contributed by atoms with Gasteiger partial charge >= 0.3 is 5.97 Å². The van der Waals surface area contributed by atoms with Crippen LogP contribution < -0.4 is 0 Å². The number of benzene rings is 2. The Hall–Kier alpha value is -2.66. The third-order valence-electron chi connectivity index (χ3n) is 4.52. The minimum absolute atomic E-state index is 0.341. The molecular weight excluding hydrogens is 404 g/mol. The van der Waals surface area contributed by atoms with Crippen molar-refractivity contribution in [3.63, 3.8) is 0 Å². The zero-order valence-electron chi connectivity index (χ0n) is 15.8. The van der Waals surface area contributed by atoms with Crippen molar-refractivity contribution in [2.24, 2.45) is 4.99 Å². The topological polar surface area (TPSA) is 43.6 Å². The number of carbonyl (C=O) groups excluding carboxylic acids is 1. The summed E-state index contributed by atoms with van der Waals surface area (Å²) in [4.78, 5) is 16.3. The van der Waals surface area contributed by atoms with Gasteiger partial charge in [-0.1, -0.05) is 15.9 Å². The summed E-state index contributed by atoms with van der Waals surface area (Å²) in [5.74, 6) is -0.341. The van der Waals surface area contributed by atoms with Crippen LogP contribution in [0.5, 0.6) is 0 Å². The number of rotatable bonds is 4. The molecule has 1 aromatic heterocycles. The van der Waals surface area contributed by atoms with Gasteiger partial charge in [0.15, 0.2) is 0 Å². The van der Waals surface area contributed by atoms with Crippen molar-refractivity contribution in [2.75, 3.05) is 7.11 Å². The van der Waals surface area contributed by atoms with Crippen molar-refractivity contribution in [3.8, 4) is 5.69 Å². The predicted molar refractivity (Wildman–Crippen MR) is 113 cm³/mol. The number of hydrogen-bond acceptors (Lipinski definition) is 3. The van der Waals surface area contributed by atoms with Gasteiger partial charge in [-0.25, -0.2) is 4.79 Å². The zero-order chi connectivity index (χ0) is 19.6. The van der Waals surface area contributed by atoms with Crippen molar-refractivity contribution >= 4 is 33.8 Å². The zero-order valence-corrected chi connectivity index (χ0v) is 17.4. The lowest BCUT2D eigenvalue weighted by atomic mass is 10.1. The molecule has 5 heteroatoms. The second-order valence-corrected chi connectivity index (χ2v) is 7.31. The Labute approximate surface area is 167 Å². The highest BCUT2D eigenvalue weighted by molar-refractivity contribution is 9.10. The number of carbonyl (C=O) groups is 1. The van der Waals surface area contributed by atoms with Crippen LogP contribution in [0.25, 0.3) is 5.69 Å². The van der Waals surface area contributed by atoms with E-state index in [4.69, 9.17) is 4.74 Å². The van der Waals surface area contributed by atoms with Crippen LogP contribution in [-0.2, 0) is 4.74 Å². The number of hydrogen-bond donors (Lipinski definition) is 0. The maximum Gasteiger partial charge on any atom is 0.337 e. The molecule has 27 heavy (non-hydrogen) atoms. The maximum absolute atomic E-state index is 11.6. The average Bonchev–Trinajstić information content (AvgIpc) is 2.94. The van der Waals surface area contributed by atoms with Gasteiger partial charge in [0.05, 0.1) is 18.4 Å². The highest BCUT2D eigenvalue weighted by Gasteiger charge is 2.10. The Morgan fingerprint density at radius 1 is 1.07 bits per heavy atom. The summed E-state index contributed by atoms with van der Waals surface area (Å²) in [6, 6.07) is 15.7. The first-order chi connectivity index (χ1) is 12.9. The van der Waals surface area contributed by atoms with Gasteiger partial charge in [-0.15, -0.1) is 0 Å². The number of nitrogens with zero attached hydrogens (tertiary/aromatic N) is 2. The molecule has 3 rings (SSSR count). The second-order valence-electron chi connectivity index (χ2n) is 6.39. The third-order valence-corrected chi connectivity index (χ3v) is 5.04. The van der Waals surface area contributed by atoms with E-state index >= 15 is 0 Å². The van der Waals surface area contributed by atoms with Gasteiger partial charge in [0.25, 0.3) is 0 Å². The summed E-state index contributed by atoms with van der Waals surface area (Å²) in [7, 11) is 1.38. The normalized spacial score (nSPS) is 11.1. The van der Waals surface area contributed by atoms with Crippen molar-refractivity contribution in [3.05, 3.63) is 81.1 Å². The summed E-state index contributed by atoms with van der Waals surface area (Å²) in [5.41, 5.74) is 6.74. The molecule has 0 aliphatic carbocycles. The number of aliphatic imine (C=N–C) groups is 1. The van der Waals surface area contributed by atoms with Gasteiger partial charge in [0.1, 0.15) is 0 Å². The summed E-state index contributed by atoms with van der Waals surface area (Å²) < 4.78 is 8.02. The van der Waals surface area contributed by atoms with Crippen LogP contribution >= 0.6 is 15.9 Å². The Balaban J connectivity index is 1.91. The summed E-state index contributed by atoms with van der Waals surface area (Å²) in [6.07, 6.45) is 1.87. The minimum Gasteiger partial charge on any atom is -0.465 e. The van der Waals surface area contributed by atoms with Crippen molar-refractivity contribution in [1.29, 1.82) is 0 Å². The largest absolute Gasteiger partial charge is 0.465 e. The Morgan fingerprint density at radius 2 is 1.78 bits per heavy atom. The lowest BCUT2D eigenvalue weighted by Crippen LogP contribution is -2.01. The Kier molecular flexibility index (Phi) is 5.61. The van der Waals surface area contributed by atoms with Gasteiger partial charge in [-0.05, 0) is 74.9 Å². The molecular formula is C22H21BrN2O2. The molecule has 2 aromatic carbocycles. The fourth-order valence-corrected chi connectivity index (χ4v) is 3.35. The molecule has 0 N–H and O–H groups in total. The predicted octanol–water partition coefficient (Wildman–Crippen LogP) is 5.70. The molecule has 0 amide bonds. The van der Waals surface area contributed by atoms with Crippen LogP contribution in [0.4, 0.5) is 5.69 Å². The first-order valence-electron chi connectivity index (χ1n) is 8.58. The van der Waals surface area contributed by atoms with E-state index in [0.717, 1.165) is 38.4 Å². The van der Waals surface area contributed by atoms with Crippen LogP contribution in [0.2, 0.25) is 0 Å². The minimum atomic E-state index is -0.341. The van der Waals surface area contributed by atoms with Crippen molar-refractivity contribution in [2.45, 2.75) is 20.8 Å². The van der Waals surface area contributed by atoms with E-state index in [2.05, 4.69) is 57.5 Å². The Bertz CT molecular complexity index is 1020. The van der Waals surface area contributed by atoms with E-state index in [9.17, 15) is 4.79 Å². The lowest BCUT2D eigenvalue weighted by molar-refractivity contribution is 0.0600. The highest BCUT2D eigenvalue weighted by atomic mass is 79.9. The number of esters is 1. The molecule has 0 aliphatic rings. The van der Waals surface area contributed by atoms with E-state index in [1.165, 1.54) is 7.11 Å². The number of ether oxygens (including phenoxy) is 1. The van der Waals surface area contributed by atoms with E-state index in [1.807, 2.05) is 31.3 Å². The molecule has 0 saturated heterocycles. The van der Waals surface area contributed by atoms with Gasteiger partial charge in [0.2, 0.25) is 0 Å². The molecule has 4 nitrogen and oxygen atoms in total. The number of methoxy groups -OCH3 is 1. The first kappa shape index (κ1) is 19.1. The van der Waals surface area contributed by atoms with Gasteiger partial charge < -0.3 is 9.30 Å². The standard InChI is InChI=1S/C22H21BrN2O2/c1-14-11-17(22(26)27-4)5-10-21(14)24-13-18-12-15(2)25(16(18)3)20-8-6-19(23)7-9-20/h5-13H,1-4H3. The molecule has 0 spiro atoms. The molecule has 0 atom stereocenters. The molecule has 0 bridgehead atoms. The molecule has 1 heterocycles. The smallest absolute Gasteiger partial charge is 0.337 e. The fraction of sp³-hybridized carbons (Fsp3) is 0.182. The highest BCUT2D eigenvalue weighted by Crippen LogP contribution is 2.24. The number of halogens is 1. The van der Waals surface area contributed by atoms with Crippen LogP contribution in [0.1, 0.15) is 32.9 Å². The number of aromatic nitrogens is 1. The summed E-state index contributed by atoms with van der Waals surface area (Å²) >= 11 is 3.48. The quantitative estimate of drug-likeness (QED) is 0.398. The van der Waals surface area contributed by atoms with Crippen LogP contribution in [0.15, 0.2) is 58.0 Å². The lowest BCUT2D eigenvalue weighted by Gasteiger charge is -2.09. The Morgan fingerprint density at radius 3 is 2.41 bits per heavy atom. The molecule has 0 aliphatic heterocycles. The molecule has 0 saturated carbocycles. The van der Waals surface area contributed by atoms with Gasteiger partial charge in [-0.2, -0.15) is 0 Å². The molecule has 0 unspecified atom stereocenters. The van der Waals surface area contributed by atoms with Crippen LogP contribution in [0, 0.1) is 20.8 Å². The van der Waals surface area contributed by atoms with Gasteiger partial charge in [0, 0.05) is 33.3 Å². The van der Waals surface area contributed by atoms with Crippen LogP contribution in [-0.4, -0.2) is 23.9 Å². The first-order valence-corrected chi connectivity index (χ1v) is 9.38. The third kappa shape index (κ3) is 4.03. The van der Waals surface area contributed by atoms with Gasteiger partial charge in [-0.3, -0.25) is 4.99 Å². The SMILES string of the molecule is COC(=O)c1ccc(N=Cc2cc(C)n(-c3ccc(Br)cc3)c2C)c(C)c1. The fourth-order valence-electron chi connectivity index (χ4n) is 3.09. The van der Waals surface area contributed by atoms with Crippen molar-refractivity contribution < 1.29 is 9.53 Å². The monoisotopic (exact) mass is 424 g/mol. The van der Waals surface area contributed by atoms with Crippen LogP contribution in [0.3, 0.4) is 0 Å². The average molecular weight is 425 g/mol. The molecule has 0 radical (unpaired) electrons. The second kappa shape index (κ2) is 7.92.